The number of nitrogens with zero attached hydrogens (tertiary/aromatic N) is 4. The van der Waals surface area contributed by atoms with Gasteiger partial charge in [-0.25, -0.2) is 18.2 Å². The van der Waals surface area contributed by atoms with Gasteiger partial charge in [0.2, 0.25) is 15.9 Å². The quantitative estimate of drug-likeness (QED) is 0.366. The van der Waals surface area contributed by atoms with Crippen LogP contribution in [-0.4, -0.2) is 78.1 Å². The van der Waals surface area contributed by atoms with E-state index in [1.165, 1.54) is 41.9 Å². The fraction of sp³-hybridized carbons (Fsp3) is 0.333. The number of benzene rings is 2. The highest BCUT2D eigenvalue weighted by Crippen LogP contribution is 2.47. The van der Waals surface area contributed by atoms with Gasteiger partial charge in [0.1, 0.15) is 0 Å². The molecule has 5 rings (SSSR count). The van der Waals surface area contributed by atoms with Gasteiger partial charge in [0.15, 0.2) is 5.13 Å². The van der Waals surface area contributed by atoms with Crippen molar-refractivity contribution in [1.82, 2.24) is 14.2 Å². The molecule has 1 unspecified atom stereocenters. The molecule has 216 valence electrons. The molecule has 2 N–H and O–H groups in total. The van der Waals surface area contributed by atoms with Crippen LogP contribution in [0.1, 0.15) is 24.5 Å². The molecule has 3 amide bonds. The number of fused-ring (bicyclic) bond motifs is 2. The highest BCUT2D eigenvalue weighted by molar-refractivity contribution is 8.01. The average Bonchev–Trinajstić information content (AvgIpc) is 3.66. The molecule has 0 radical (unpaired) electrons. The number of thiazole rings is 1. The van der Waals surface area contributed by atoms with Crippen LogP contribution in [0.3, 0.4) is 0 Å². The van der Waals surface area contributed by atoms with E-state index in [1.54, 1.807) is 21.9 Å². The number of carbonyl (C=O) groups is 3. The maximum atomic E-state index is 13.6. The minimum Gasteiger partial charge on any atom is -0.481 e. The first-order chi connectivity index (χ1) is 19.5. The zero-order valence-electron chi connectivity index (χ0n) is 22.4. The summed E-state index contributed by atoms with van der Waals surface area (Å²) in [5, 5.41) is 12.0. The Bertz CT molecular complexity index is 1600. The van der Waals surface area contributed by atoms with E-state index in [2.05, 4.69) is 10.3 Å². The van der Waals surface area contributed by atoms with Gasteiger partial charge in [-0.15, -0.1) is 11.8 Å². The number of anilines is 2. The van der Waals surface area contributed by atoms with Crippen molar-refractivity contribution in [3.05, 3.63) is 65.9 Å². The number of hydrogen-bond donors (Lipinski definition) is 2. The van der Waals surface area contributed by atoms with Gasteiger partial charge >= 0.3 is 12.0 Å². The van der Waals surface area contributed by atoms with Gasteiger partial charge < -0.3 is 10.0 Å². The second kappa shape index (κ2) is 11.4. The van der Waals surface area contributed by atoms with Gasteiger partial charge in [-0.3, -0.25) is 19.8 Å². The zero-order valence-corrected chi connectivity index (χ0v) is 24.9. The number of hydrogen-bond acceptors (Lipinski definition) is 8. The second-order valence-corrected chi connectivity index (χ2v) is 14.4. The summed E-state index contributed by atoms with van der Waals surface area (Å²) in [6.45, 7) is 2.86. The van der Waals surface area contributed by atoms with E-state index in [9.17, 15) is 22.8 Å². The Morgan fingerprint density at radius 3 is 2.61 bits per heavy atom. The summed E-state index contributed by atoms with van der Waals surface area (Å²) in [7, 11) is -2.31. The largest absolute Gasteiger partial charge is 0.481 e. The van der Waals surface area contributed by atoms with Crippen molar-refractivity contribution in [2.45, 2.75) is 34.4 Å². The summed E-state index contributed by atoms with van der Waals surface area (Å²) in [5.74, 6) is -1.14. The first-order valence-corrected chi connectivity index (χ1v) is 16.0. The second-order valence-electron chi connectivity index (χ2n) is 10.1. The molecule has 14 heteroatoms. The van der Waals surface area contributed by atoms with E-state index in [0.29, 0.717) is 40.1 Å². The number of likely N-dealkylation sites (tertiary alicyclic amines) is 1. The Morgan fingerprint density at radius 2 is 1.93 bits per heavy atom. The van der Waals surface area contributed by atoms with Crippen LogP contribution in [0.2, 0.25) is 0 Å². The molecule has 3 heterocycles. The molecule has 0 aliphatic carbocycles. The molecule has 1 spiro atoms. The van der Waals surface area contributed by atoms with Crippen LogP contribution >= 0.6 is 23.1 Å². The number of rotatable bonds is 8. The molecule has 1 atom stereocenters. The molecule has 41 heavy (non-hydrogen) atoms. The summed E-state index contributed by atoms with van der Waals surface area (Å²) in [4.78, 5) is 44.2. The third-order valence-electron chi connectivity index (χ3n) is 7.33. The number of aromatic nitrogens is 1. The van der Waals surface area contributed by atoms with Gasteiger partial charge in [0, 0.05) is 51.3 Å². The fourth-order valence-electron chi connectivity index (χ4n) is 5.26. The topological polar surface area (TPSA) is 140 Å². The highest BCUT2D eigenvalue weighted by Gasteiger charge is 2.50. The molecule has 1 saturated heterocycles. The van der Waals surface area contributed by atoms with Gasteiger partial charge in [-0.1, -0.05) is 41.7 Å². The minimum absolute atomic E-state index is 0.0770. The van der Waals surface area contributed by atoms with E-state index in [-0.39, 0.29) is 29.6 Å². The number of carboxylic acids is 1. The van der Waals surface area contributed by atoms with Crippen molar-refractivity contribution in [1.29, 1.82) is 0 Å². The number of nitrogens with one attached hydrogen (secondary N) is 1. The van der Waals surface area contributed by atoms with E-state index >= 15 is 0 Å². The Balaban J connectivity index is 1.43. The van der Waals surface area contributed by atoms with E-state index in [4.69, 9.17) is 5.11 Å². The summed E-state index contributed by atoms with van der Waals surface area (Å²) >= 11 is 2.29. The molecule has 0 bridgehead atoms. The molecule has 2 aliphatic heterocycles. The van der Waals surface area contributed by atoms with Crippen molar-refractivity contribution in [3.8, 4) is 0 Å². The monoisotopic (exact) mass is 615 g/mol. The van der Waals surface area contributed by atoms with Crippen LogP contribution in [0.15, 0.2) is 63.8 Å². The van der Waals surface area contributed by atoms with E-state index in [0.717, 1.165) is 17.3 Å². The van der Waals surface area contributed by atoms with Crippen molar-refractivity contribution in [2.75, 3.05) is 42.7 Å². The lowest BCUT2D eigenvalue weighted by molar-refractivity contribution is -0.134. The molecule has 2 aromatic carbocycles. The lowest BCUT2D eigenvalue weighted by atomic mass is 9.81. The van der Waals surface area contributed by atoms with Gasteiger partial charge in [-0.2, -0.15) is 4.31 Å². The predicted molar refractivity (Wildman–Crippen MR) is 157 cm³/mol. The van der Waals surface area contributed by atoms with Crippen LogP contribution in [0, 0.1) is 0 Å². The number of urea groups is 1. The van der Waals surface area contributed by atoms with Gasteiger partial charge in [-0.05, 0) is 35.7 Å². The first kappa shape index (κ1) is 29.0. The average molecular weight is 616 g/mol. The number of carbonyl (C=O) groups excluding carboxylic acids is 2. The minimum atomic E-state index is -3.85. The maximum absolute atomic E-state index is 13.6. The van der Waals surface area contributed by atoms with Gasteiger partial charge in [0.25, 0.3) is 0 Å². The van der Waals surface area contributed by atoms with Crippen LogP contribution < -0.4 is 10.2 Å². The number of carboxylic acid groups (broad SMARTS) is 1. The normalized spacial score (nSPS) is 18.2. The Kier molecular flexibility index (Phi) is 8.10. The van der Waals surface area contributed by atoms with Crippen molar-refractivity contribution in [3.63, 3.8) is 0 Å². The van der Waals surface area contributed by atoms with Crippen LogP contribution in [0.4, 0.5) is 15.6 Å². The van der Waals surface area contributed by atoms with Crippen molar-refractivity contribution < 1.29 is 27.9 Å². The molecule has 1 fully saturated rings. The van der Waals surface area contributed by atoms with E-state index in [1.807, 2.05) is 30.3 Å². The SMILES string of the molecule is CC(=O)N1CCC2(C1)CN(C(=O)Nc1ncc(SCC(=O)O)s1)c1ccc(S(=O)(=O)N(C)Cc3ccccc3)cc12. The Hall–Kier alpha value is -3.46. The summed E-state index contributed by atoms with van der Waals surface area (Å²) in [6, 6.07) is 13.7. The number of sulfonamides is 1. The van der Waals surface area contributed by atoms with Crippen molar-refractivity contribution in [2.24, 2.45) is 0 Å². The summed E-state index contributed by atoms with van der Waals surface area (Å²) in [5.41, 5.74) is 1.53. The maximum Gasteiger partial charge on any atom is 0.328 e. The molecule has 11 nitrogen and oxygen atoms in total. The Morgan fingerprint density at radius 1 is 1.17 bits per heavy atom. The zero-order chi connectivity index (χ0) is 29.4. The lowest BCUT2D eigenvalue weighted by Gasteiger charge is -2.25. The highest BCUT2D eigenvalue weighted by atomic mass is 32.2. The standard InChI is InChI=1S/C27H29N5O6S3/c1-18(33)31-11-10-27(16-31)17-32(26(36)29-25-28-13-24(40-25)39-15-23(34)35)22-9-8-20(12-21(22)27)41(37,38)30(2)14-19-6-4-3-5-7-19/h3-9,12-13H,10-11,14-17H2,1-2H3,(H,34,35)(H,28,29,36). The fourth-order valence-corrected chi connectivity index (χ4v) is 8.03. The molecule has 0 saturated carbocycles. The number of thioether (sulfide) groups is 1. The molecular formula is C27H29N5O6S3. The van der Waals surface area contributed by atoms with Gasteiger partial charge in [0.05, 0.1) is 21.1 Å². The number of aliphatic carboxylic acids is 1. The predicted octanol–water partition coefficient (Wildman–Crippen LogP) is 3.68. The first-order valence-electron chi connectivity index (χ1n) is 12.8. The number of amides is 3. The molecule has 3 aromatic rings. The third-order valence-corrected chi connectivity index (χ3v) is 11.2. The summed E-state index contributed by atoms with van der Waals surface area (Å²) in [6.07, 6.45) is 2.10. The summed E-state index contributed by atoms with van der Waals surface area (Å²) < 4.78 is 29.1. The molecular weight excluding hydrogens is 587 g/mol. The Labute approximate surface area is 246 Å². The smallest absolute Gasteiger partial charge is 0.328 e. The van der Waals surface area contributed by atoms with E-state index < -0.39 is 27.4 Å². The van der Waals surface area contributed by atoms with Crippen LogP contribution in [-0.2, 0) is 31.6 Å². The lowest BCUT2D eigenvalue weighted by Crippen LogP contribution is -2.41. The molecule has 1 aromatic heterocycles. The van der Waals surface area contributed by atoms with Crippen molar-refractivity contribution >= 4 is 61.8 Å². The third kappa shape index (κ3) is 5.96. The molecule has 2 aliphatic rings. The van der Waals surface area contributed by atoms with Crippen LogP contribution in [0.25, 0.3) is 0 Å². The van der Waals surface area contributed by atoms with Crippen LogP contribution in [0.5, 0.6) is 0 Å².